The quantitative estimate of drug-likeness (QED) is 0.846. The molecule has 16 heavy (non-hydrogen) atoms. The van der Waals surface area contributed by atoms with E-state index in [2.05, 4.69) is 41.9 Å². The first-order valence-corrected chi connectivity index (χ1v) is 5.54. The predicted molar refractivity (Wildman–Crippen MR) is 66.4 cm³/mol. The summed E-state index contributed by atoms with van der Waals surface area (Å²) in [5.41, 5.74) is 2.16. The number of hydrogen-bond donors (Lipinski definition) is 1. The fourth-order valence-electron chi connectivity index (χ4n) is 1.96. The molecule has 0 saturated heterocycles. The third kappa shape index (κ3) is 2.10. The second kappa shape index (κ2) is 4.68. The lowest BCUT2D eigenvalue weighted by Gasteiger charge is -2.12. The molecule has 0 aliphatic heterocycles. The maximum absolute atomic E-state index is 9.33. The molecule has 0 aliphatic rings. The number of aliphatic hydroxyl groups excluding tert-OH is 1. The molecular formula is C13H18N2O. The molecule has 0 bridgehead atoms. The SMILES string of the molecule is CN(C)CCn1ccc2cccc(CO)c21. The van der Waals surface area contributed by atoms with Crippen LogP contribution < -0.4 is 0 Å². The zero-order valence-electron chi connectivity index (χ0n) is 9.85. The number of para-hydroxylation sites is 1. The van der Waals surface area contributed by atoms with Gasteiger partial charge in [-0.05, 0) is 25.5 Å². The Morgan fingerprint density at radius 2 is 2.06 bits per heavy atom. The molecule has 86 valence electrons. The molecule has 0 spiro atoms. The normalized spacial score (nSPS) is 11.5. The van der Waals surface area contributed by atoms with E-state index < -0.39 is 0 Å². The first kappa shape index (κ1) is 11.2. The third-order valence-corrected chi connectivity index (χ3v) is 2.83. The highest BCUT2D eigenvalue weighted by Gasteiger charge is 2.05. The first-order valence-electron chi connectivity index (χ1n) is 5.54. The molecule has 1 aromatic carbocycles. The van der Waals surface area contributed by atoms with E-state index in [0.29, 0.717) is 0 Å². The van der Waals surface area contributed by atoms with Gasteiger partial charge in [0.2, 0.25) is 0 Å². The fourth-order valence-corrected chi connectivity index (χ4v) is 1.96. The molecule has 1 N–H and O–H groups in total. The Morgan fingerprint density at radius 1 is 1.25 bits per heavy atom. The number of benzene rings is 1. The molecule has 2 aromatic rings. The zero-order valence-corrected chi connectivity index (χ0v) is 9.85. The molecule has 3 nitrogen and oxygen atoms in total. The van der Waals surface area contributed by atoms with Gasteiger partial charge in [-0.1, -0.05) is 18.2 Å². The lowest BCUT2D eigenvalue weighted by Crippen LogP contribution is -2.18. The Hall–Kier alpha value is -1.32. The van der Waals surface area contributed by atoms with Crippen LogP contribution in [0.3, 0.4) is 0 Å². The third-order valence-electron chi connectivity index (χ3n) is 2.83. The number of rotatable bonds is 4. The van der Waals surface area contributed by atoms with Gasteiger partial charge < -0.3 is 14.6 Å². The van der Waals surface area contributed by atoms with Crippen LogP contribution >= 0.6 is 0 Å². The Balaban J connectivity index is 2.38. The molecule has 0 aliphatic carbocycles. The molecule has 0 atom stereocenters. The average Bonchev–Trinajstić information content (AvgIpc) is 2.69. The number of fused-ring (bicyclic) bond motifs is 1. The standard InChI is InChI=1S/C13H18N2O/c1-14(2)8-9-15-7-6-11-4-3-5-12(10-16)13(11)15/h3-7,16H,8-10H2,1-2H3. The minimum atomic E-state index is 0.101. The molecule has 1 aromatic heterocycles. The summed E-state index contributed by atoms with van der Waals surface area (Å²) in [5.74, 6) is 0. The van der Waals surface area contributed by atoms with Crippen molar-refractivity contribution in [2.45, 2.75) is 13.2 Å². The number of nitrogens with zero attached hydrogens (tertiary/aromatic N) is 2. The second-order valence-electron chi connectivity index (χ2n) is 4.33. The Morgan fingerprint density at radius 3 is 2.75 bits per heavy atom. The monoisotopic (exact) mass is 218 g/mol. The minimum absolute atomic E-state index is 0.101. The highest BCUT2D eigenvalue weighted by molar-refractivity contribution is 5.83. The van der Waals surface area contributed by atoms with Crippen LogP contribution in [0.5, 0.6) is 0 Å². The van der Waals surface area contributed by atoms with Crippen molar-refractivity contribution in [3.8, 4) is 0 Å². The van der Waals surface area contributed by atoms with E-state index in [4.69, 9.17) is 0 Å². The van der Waals surface area contributed by atoms with Crippen LogP contribution in [0.2, 0.25) is 0 Å². The molecule has 0 saturated carbocycles. The molecule has 0 radical (unpaired) electrons. The summed E-state index contributed by atoms with van der Waals surface area (Å²) in [6.07, 6.45) is 2.09. The van der Waals surface area contributed by atoms with Crippen LogP contribution in [-0.2, 0) is 13.2 Å². The summed E-state index contributed by atoms with van der Waals surface area (Å²) in [7, 11) is 4.14. The van der Waals surface area contributed by atoms with Crippen molar-refractivity contribution in [2.75, 3.05) is 20.6 Å². The van der Waals surface area contributed by atoms with Crippen LogP contribution in [-0.4, -0.2) is 35.2 Å². The van der Waals surface area contributed by atoms with Gasteiger partial charge in [-0.3, -0.25) is 0 Å². The van der Waals surface area contributed by atoms with Gasteiger partial charge in [0.15, 0.2) is 0 Å². The van der Waals surface area contributed by atoms with Gasteiger partial charge in [-0.25, -0.2) is 0 Å². The van der Waals surface area contributed by atoms with Crippen molar-refractivity contribution < 1.29 is 5.11 Å². The average molecular weight is 218 g/mol. The van der Waals surface area contributed by atoms with Gasteiger partial charge in [-0.2, -0.15) is 0 Å². The van der Waals surface area contributed by atoms with E-state index in [1.54, 1.807) is 0 Å². The van der Waals surface area contributed by atoms with Gasteiger partial charge in [-0.15, -0.1) is 0 Å². The summed E-state index contributed by atoms with van der Waals surface area (Å²) in [5, 5.41) is 10.5. The number of aromatic nitrogens is 1. The number of likely N-dealkylation sites (N-methyl/N-ethyl adjacent to an activating group) is 1. The van der Waals surface area contributed by atoms with Crippen LogP contribution in [0.4, 0.5) is 0 Å². The van der Waals surface area contributed by atoms with Crippen LogP contribution in [0, 0.1) is 0 Å². The molecule has 0 unspecified atom stereocenters. The summed E-state index contributed by atoms with van der Waals surface area (Å²) in [6.45, 7) is 2.06. The highest BCUT2D eigenvalue weighted by Crippen LogP contribution is 2.20. The topological polar surface area (TPSA) is 28.4 Å². The van der Waals surface area contributed by atoms with Crippen molar-refractivity contribution in [1.82, 2.24) is 9.47 Å². The fraction of sp³-hybridized carbons (Fsp3) is 0.385. The lowest BCUT2D eigenvalue weighted by atomic mass is 10.1. The Bertz CT molecular complexity index is 474. The van der Waals surface area contributed by atoms with Gasteiger partial charge in [0.25, 0.3) is 0 Å². The van der Waals surface area contributed by atoms with Crippen molar-refractivity contribution in [3.63, 3.8) is 0 Å². The zero-order chi connectivity index (χ0) is 11.5. The van der Waals surface area contributed by atoms with E-state index in [0.717, 1.165) is 24.2 Å². The van der Waals surface area contributed by atoms with Crippen molar-refractivity contribution in [3.05, 3.63) is 36.0 Å². The first-order chi connectivity index (χ1) is 7.72. The van der Waals surface area contributed by atoms with E-state index in [-0.39, 0.29) is 6.61 Å². The van der Waals surface area contributed by atoms with E-state index >= 15 is 0 Å². The van der Waals surface area contributed by atoms with Gasteiger partial charge in [0, 0.05) is 24.8 Å². The van der Waals surface area contributed by atoms with Crippen molar-refractivity contribution >= 4 is 10.9 Å². The number of aliphatic hydroxyl groups is 1. The maximum atomic E-state index is 9.33. The molecular weight excluding hydrogens is 200 g/mol. The van der Waals surface area contributed by atoms with E-state index in [9.17, 15) is 5.11 Å². The molecule has 0 amide bonds. The maximum Gasteiger partial charge on any atom is 0.0702 e. The van der Waals surface area contributed by atoms with Gasteiger partial charge >= 0.3 is 0 Å². The Labute approximate surface area is 95.9 Å². The predicted octanol–water partition coefficient (Wildman–Crippen LogP) is 1.70. The number of hydrogen-bond acceptors (Lipinski definition) is 2. The smallest absolute Gasteiger partial charge is 0.0702 e. The van der Waals surface area contributed by atoms with Gasteiger partial charge in [0.05, 0.1) is 12.1 Å². The van der Waals surface area contributed by atoms with Crippen LogP contribution in [0.1, 0.15) is 5.56 Å². The van der Waals surface area contributed by atoms with E-state index in [1.807, 2.05) is 12.1 Å². The molecule has 1 heterocycles. The van der Waals surface area contributed by atoms with Crippen LogP contribution in [0.15, 0.2) is 30.5 Å². The van der Waals surface area contributed by atoms with Crippen molar-refractivity contribution in [2.24, 2.45) is 0 Å². The molecule has 2 rings (SSSR count). The summed E-state index contributed by atoms with van der Waals surface area (Å²) in [4.78, 5) is 2.16. The lowest BCUT2D eigenvalue weighted by molar-refractivity contribution is 0.282. The largest absolute Gasteiger partial charge is 0.392 e. The van der Waals surface area contributed by atoms with Gasteiger partial charge in [0.1, 0.15) is 0 Å². The molecule has 3 heteroatoms. The summed E-state index contributed by atoms with van der Waals surface area (Å²) < 4.78 is 2.21. The molecule has 0 fully saturated rings. The minimum Gasteiger partial charge on any atom is -0.392 e. The van der Waals surface area contributed by atoms with Crippen LogP contribution in [0.25, 0.3) is 10.9 Å². The van der Waals surface area contributed by atoms with Crippen molar-refractivity contribution in [1.29, 1.82) is 0 Å². The summed E-state index contributed by atoms with van der Waals surface area (Å²) in [6, 6.07) is 8.16. The summed E-state index contributed by atoms with van der Waals surface area (Å²) >= 11 is 0. The second-order valence-corrected chi connectivity index (χ2v) is 4.33. The highest BCUT2D eigenvalue weighted by atomic mass is 16.3. The Kier molecular flexibility index (Phi) is 3.27. The van der Waals surface area contributed by atoms with E-state index in [1.165, 1.54) is 5.39 Å².